The number of nitrogens with one attached hydrogen (secondary N) is 1. The first-order valence-electron chi connectivity index (χ1n) is 7.04. The summed E-state index contributed by atoms with van der Waals surface area (Å²) in [5, 5.41) is 11.8. The minimum Gasteiger partial charge on any atom is -0.492 e. The summed E-state index contributed by atoms with van der Waals surface area (Å²) in [4.78, 5) is 8.58. The first-order valence-corrected chi connectivity index (χ1v) is 7.04. The van der Waals surface area contributed by atoms with Gasteiger partial charge in [-0.3, -0.25) is 4.98 Å². The molecule has 0 amide bonds. The third-order valence-corrected chi connectivity index (χ3v) is 3.47. The Morgan fingerprint density at radius 1 is 1.25 bits per heavy atom. The van der Waals surface area contributed by atoms with E-state index in [1.807, 2.05) is 18.2 Å². The van der Waals surface area contributed by atoms with Crippen LogP contribution in [0.3, 0.4) is 0 Å². The van der Waals surface area contributed by atoms with Gasteiger partial charge in [0.2, 0.25) is 0 Å². The van der Waals surface area contributed by atoms with Crippen molar-refractivity contribution in [3.8, 4) is 11.8 Å². The summed E-state index contributed by atoms with van der Waals surface area (Å²) in [6, 6.07) is 9.88. The molecular weight excluding hydrogens is 314 g/mol. The van der Waals surface area contributed by atoms with E-state index in [2.05, 4.69) is 15.3 Å². The van der Waals surface area contributed by atoms with Crippen LogP contribution < -0.4 is 10.1 Å². The van der Waals surface area contributed by atoms with Gasteiger partial charge in [-0.05, 0) is 18.2 Å². The quantitative estimate of drug-likeness (QED) is 0.795. The molecule has 0 aliphatic rings. The van der Waals surface area contributed by atoms with Crippen molar-refractivity contribution in [2.24, 2.45) is 0 Å². The second kappa shape index (κ2) is 6.46. The van der Waals surface area contributed by atoms with Gasteiger partial charge in [-0.2, -0.15) is 5.26 Å². The molecule has 0 radical (unpaired) electrons. The van der Waals surface area contributed by atoms with E-state index < -0.39 is 22.9 Å². The van der Waals surface area contributed by atoms with Crippen molar-refractivity contribution >= 4 is 16.9 Å². The number of halogens is 2. The van der Waals surface area contributed by atoms with Gasteiger partial charge in [-0.15, -0.1) is 0 Å². The molecule has 3 aromatic rings. The van der Waals surface area contributed by atoms with E-state index in [1.54, 1.807) is 12.1 Å². The number of benzene rings is 2. The number of methoxy groups -OCH3 is 1. The molecule has 5 nitrogen and oxygen atoms in total. The molecule has 0 fully saturated rings. The molecule has 24 heavy (non-hydrogen) atoms. The number of nitrogens with zero attached hydrogens (tertiary/aromatic N) is 3. The highest BCUT2D eigenvalue weighted by molar-refractivity contribution is 5.75. The molecule has 0 aliphatic carbocycles. The minimum atomic E-state index is -0.836. The van der Waals surface area contributed by atoms with Crippen molar-refractivity contribution in [1.29, 1.82) is 5.26 Å². The second-order valence-corrected chi connectivity index (χ2v) is 4.95. The van der Waals surface area contributed by atoms with Crippen LogP contribution in [-0.2, 0) is 6.54 Å². The summed E-state index contributed by atoms with van der Waals surface area (Å²) in [6.07, 6.45) is 1.51. The summed E-state index contributed by atoms with van der Waals surface area (Å²) in [5.74, 6) is -1.59. The van der Waals surface area contributed by atoms with Gasteiger partial charge in [0.05, 0.1) is 24.3 Å². The highest BCUT2D eigenvalue weighted by Crippen LogP contribution is 2.28. The van der Waals surface area contributed by atoms with E-state index >= 15 is 0 Å². The number of hydrogen-bond donors (Lipinski definition) is 1. The number of fused-ring (bicyclic) bond motifs is 1. The van der Waals surface area contributed by atoms with Crippen LogP contribution in [-0.4, -0.2) is 17.1 Å². The lowest BCUT2D eigenvalue weighted by atomic mass is 10.1. The molecule has 0 saturated carbocycles. The Morgan fingerprint density at radius 2 is 2.00 bits per heavy atom. The first kappa shape index (κ1) is 15.6. The van der Waals surface area contributed by atoms with E-state index in [1.165, 1.54) is 13.3 Å². The van der Waals surface area contributed by atoms with Crippen molar-refractivity contribution < 1.29 is 13.5 Å². The molecule has 0 spiro atoms. The van der Waals surface area contributed by atoms with Crippen molar-refractivity contribution in [1.82, 2.24) is 9.97 Å². The molecular formula is C17H12F2N4O. The van der Waals surface area contributed by atoms with Gasteiger partial charge in [0.25, 0.3) is 0 Å². The molecule has 0 saturated heterocycles. The Bertz CT molecular complexity index is 953. The zero-order valence-corrected chi connectivity index (χ0v) is 12.7. The smallest absolute Gasteiger partial charge is 0.175 e. The van der Waals surface area contributed by atoms with E-state index in [9.17, 15) is 8.78 Å². The maximum absolute atomic E-state index is 14.3. The van der Waals surface area contributed by atoms with Crippen LogP contribution in [0.15, 0.2) is 36.5 Å². The number of ether oxygens (including phenoxy) is 1. The second-order valence-electron chi connectivity index (χ2n) is 4.95. The topological polar surface area (TPSA) is 70.8 Å². The predicted molar refractivity (Wildman–Crippen MR) is 84.5 cm³/mol. The molecule has 0 unspecified atom stereocenters. The van der Waals surface area contributed by atoms with E-state index in [0.29, 0.717) is 11.3 Å². The molecule has 0 bridgehead atoms. The molecule has 1 N–H and O–H groups in total. The van der Waals surface area contributed by atoms with Gasteiger partial charge in [0.1, 0.15) is 23.3 Å². The molecule has 1 heterocycles. The van der Waals surface area contributed by atoms with E-state index in [-0.39, 0.29) is 12.1 Å². The number of nitriles is 1. The molecule has 3 rings (SSSR count). The number of rotatable bonds is 4. The maximum Gasteiger partial charge on any atom is 0.175 e. The van der Waals surface area contributed by atoms with Crippen LogP contribution in [0.1, 0.15) is 11.1 Å². The third kappa shape index (κ3) is 2.82. The van der Waals surface area contributed by atoms with Crippen LogP contribution in [0.5, 0.6) is 5.75 Å². The summed E-state index contributed by atoms with van der Waals surface area (Å²) in [7, 11) is 1.19. The molecule has 0 atom stereocenters. The van der Waals surface area contributed by atoms with Gasteiger partial charge >= 0.3 is 0 Å². The zero-order chi connectivity index (χ0) is 17.1. The monoisotopic (exact) mass is 326 g/mol. The fourth-order valence-electron chi connectivity index (χ4n) is 2.31. The number of anilines is 1. The number of aromatic nitrogens is 2. The Labute approximate surface area is 136 Å². The highest BCUT2D eigenvalue weighted by atomic mass is 19.1. The lowest BCUT2D eigenvalue weighted by Gasteiger charge is -2.11. The van der Waals surface area contributed by atoms with E-state index in [0.717, 1.165) is 11.6 Å². The lowest BCUT2D eigenvalue weighted by Crippen LogP contribution is -2.07. The molecule has 1 aromatic heterocycles. The average Bonchev–Trinajstić information content (AvgIpc) is 2.61. The van der Waals surface area contributed by atoms with Gasteiger partial charge in [0, 0.05) is 12.1 Å². The SMILES string of the molecule is COc1c(F)c(CNc2cnc3ccccc3n2)cc(F)c1C#N. The number of para-hydroxylation sites is 2. The van der Waals surface area contributed by atoms with Crippen molar-refractivity contribution in [2.75, 3.05) is 12.4 Å². The Balaban J connectivity index is 1.88. The predicted octanol–water partition coefficient (Wildman–Crippen LogP) is 3.40. The summed E-state index contributed by atoms with van der Waals surface area (Å²) >= 11 is 0. The van der Waals surface area contributed by atoms with Crippen LogP contribution >= 0.6 is 0 Å². The summed E-state index contributed by atoms with van der Waals surface area (Å²) in [5.41, 5.74) is 0.995. The third-order valence-electron chi connectivity index (χ3n) is 3.47. The number of hydrogen-bond acceptors (Lipinski definition) is 5. The average molecular weight is 326 g/mol. The maximum atomic E-state index is 14.3. The lowest BCUT2D eigenvalue weighted by molar-refractivity contribution is 0.378. The fourth-order valence-corrected chi connectivity index (χ4v) is 2.31. The van der Waals surface area contributed by atoms with Gasteiger partial charge < -0.3 is 10.1 Å². The fraction of sp³-hybridized carbons (Fsp3) is 0.118. The molecule has 0 aliphatic heterocycles. The summed E-state index contributed by atoms with van der Waals surface area (Å²) in [6.45, 7) is -0.0299. The van der Waals surface area contributed by atoms with Crippen LogP contribution in [0, 0.1) is 23.0 Å². The largest absolute Gasteiger partial charge is 0.492 e. The summed E-state index contributed by atoms with van der Waals surface area (Å²) < 4.78 is 33.0. The van der Waals surface area contributed by atoms with Crippen molar-refractivity contribution in [2.45, 2.75) is 6.54 Å². The zero-order valence-electron chi connectivity index (χ0n) is 12.7. The van der Waals surface area contributed by atoms with Gasteiger partial charge in [-0.1, -0.05) is 12.1 Å². The van der Waals surface area contributed by atoms with Gasteiger partial charge in [-0.25, -0.2) is 13.8 Å². The molecule has 120 valence electrons. The van der Waals surface area contributed by atoms with E-state index in [4.69, 9.17) is 10.00 Å². The highest BCUT2D eigenvalue weighted by Gasteiger charge is 2.19. The normalized spacial score (nSPS) is 10.4. The van der Waals surface area contributed by atoms with Crippen LogP contribution in [0.2, 0.25) is 0 Å². The Hall–Kier alpha value is -3.27. The van der Waals surface area contributed by atoms with Crippen molar-refractivity contribution in [3.05, 3.63) is 59.3 Å². The standard InChI is InChI=1S/C17H12F2N4O/c1-24-17-11(7-20)12(18)6-10(16(17)19)8-22-15-9-21-13-4-2-3-5-14(13)23-15/h2-6,9H,8H2,1H3,(H,22,23). The van der Waals surface area contributed by atoms with Crippen molar-refractivity contribution in [3.63, 3.8) is 0 Å². The molecule has 2 aromatic carbocycles. The Kier molecular flexibility index (Phi) is 4.20. The minimum absolute atomic E-state index is 0.0262. The first-order chi connectivity index (χ1) is 11.6. The van der Waals surface area contributed by atoms with Crippen LogP contribution in [0.4, 0.5) is 14.6 Å². The van der Waals surface area contributed by atoms with Crippen LogP contribution in [0.25, 0.3) is 11.0 Å². The Morgan fingerprint density at radius 3 is 2.71 bits per heavy atom. The molecule has 7 heteroatoms. The van der Waals surface area contributed by atoms with Gasteiger partial charge in [0.15, 0.2) is 11.6 Å².